The van der Waals surface area contributed by atoms with E-state index in [0.717, 1.165) is 19.6 Å². The highest BCUT2D eigenvalue weighted by Gasteiger charge is 2.19. The van der Waals surface area contributed by atoms with Crippen LogP contribution in [0.2, 0.25) is 0 Å². The predicted molar refractivity (Wildman–Crippen MR) is 63.9 cm³/mol. The first-order valence-corrected chi connectivity index (χ1v) is 5.93. The molecule has 0 atom stereocenters. The van der Waals surface area contributed by atoms with E-state index in [2.05, 4.69) is 35.2 Å². The fourth-order valence-corrected chi connectivity index (χ4v) is 1.87. The number of nitrogens with zero attached hydrogens (tertiary/aromatic N) is 3. The quantitative estimate of drug-likeness (QED) is 0.708. The van der Waals surface area contributed by atoms with Gasteiger partial charge in [-0.15, -0.1) is 0 Å². The molecule has 0 aromatic carbocycles. The monoisotopic (exact) mass is 209 g/mol. The molecule has 1 aliphatic heterocycles. The van der Waals surface area contributed by atoms with E-state index < -0.39 is 0 Å². The second-order valence-corrected chi connectivity index (χ2v) is 4.03. The highest BCUT2D eigenvalue weighted by molar-refractivity contribution is 5.05. The van der Waals surface area contributed by atoms with Crippen LogP contribution in [0, 0.1) is 6.92 Å². The number of aryl methyl sites for hydroxylation is 1. The van der Waals surface area contributed by atoms with E-state index >= 15 is 0 Å². The Balaban J connectivity index is 0.000000531. The van der Waals surface area contributed by atoms with Gasteiger partial charge < -0.3 is 4.57 Å². The first kappa shape index (κ1) is 12.2. The zero-order valence-electron chi connectivity index (χ0n) is 10.6. The van der Waals surface area contributed by atoms with Gasteiger partial charge in [0, 0.05) is 31.0 Å². The zero-order valence-corrected chi connectivity index (χ0v) is 10.6. The molecular weight excluding hydrogens is 186 g/mol. The number of hydrogen-bond acceptors (Lipinski definition) is 2. The first-order valence-electron chi connectivity index (χ1n) is 5.93. The van der Waals surface area contributed by atoms with Crippen LogP contribution in [0.3, 0.4) is 0 Å². The number of imidazole rings is 1. The summed E-state index contributed by atoms with van der Waals surface area (Å²) in [5, 5.41) is 0. The minimum absolute atomic E-state index is 0.630. The molecule has 0 amide bonds. The van der Waals surface area contributed by atoms with Crippen molar-refractivity contribution in [1.29, 1.82) is 0 Å². The van der Waals surface area contributed by atoms with E-state index in [9.17, 15) is 0 Å². The van der Waals surface area contributed by atoms with Crippen molar-refractivity contribution in [2.75, 3.05) is 6.54 Å². The Kier molecular flexibility index (Phi) is 4.33. The van der Waals surface area contributed by atoms with Crippen LogP contribution in [0.25, 0.3) is 0 Å². The summed E-state index contributed by atoms with van der Waals surface area (Å²) in [6.07, 6.45) is 1.97. The van der Waals surface area contributed by atoms with Gasteiger partial charge in [0.15, 0.2) is 0 Å². The largest absolute Gasteiger partial charge is 0.330 e. The van der Waals surface area contributed by atoms with Crippen molar-refractivity contribution in [3.63, 3.8) is 0 Å². The lowest BCUT2D eigenvalue weighted by Crippen LogP contribution is -2.38. The molecule has 0 fully saturated rings. The molecule has 1 aromatic heterocycles. The molecule has 0 bridgehead atoms. The molecule has 2 rings (SSSR count). The summed E-state index contributed by atoms with van der Waals surface area (Å²) in [6, 6.07) is 0.630. The molecule has 0 aliphatic carbocycles. The van der Waals surface area contributed by atoms with E-state index in [1.165, 1.54) is 11.5 Å². The van der Waals surface area contributed by atoms with Crippen molar-refractivity contribution >= 4 is 0 Å². The SMILES string of the molecule is CC.Cc1cnc2n1CCN(C(C)C)C2. The fraction of sp³-hybridized carbons (Fsp3) is 0.750. The van der Waals surface area contributed by atoms with Gasteiger partial charge in [-0.25, -0.2) is 4.98 Å². The summed E-state index contributed by atoms with van der Waals surface area (Å²) in [5.41, 5.74) is 1.29. The maximum Gasteiger partial charge on any atom is 0.123 e. The maximum atomic E-state index is 4.41. The standard InChI is InChI=1S/C10H17N3.C2H6/c1-8(2)12-4-5-13-9(3)6-11-10(13)7-12;1-2/h6,8H,4-5,7H2,1-3H3;1-2H3. The van der Waals surface area contributed by atoms with Gasteiger partial charge in [0.05, 0.1) is 6.54 Å². The molecule has 0 radical (unpaired) electrons. The van der Waals surface area contributed by atoms with Crippen LogP contribution in [0.4, 0.5) is 0 Å². The molecule has 0 saturated carbocycles. The Morgan fingerprint density at radius 2 is 1.93 bits per heavy atom. The molecular formula is C12H23N3. The normalized spacial score (nSPS) is 15.9. The van der Waals surface area contributed by atoms with Crippen molar-refractivity contribution in [3.05, 3.63) is 17.7 Å². The highest BCUT2D eigenvalue weighted by atomic mass is 15.2. The first-order chi connectivity index (χ1) is 7.18. The third-order valence-corrected chi connectivity index (χ3v) is 2.82. The van der Waals surface area contributed by atoms with Crippen LogP contribution in [0.1, 0.15) is 39.2 Å². The summed E-state index contributed by atoms with van der Waals surface area (Å²) < 4.78 is 2.32. The van der Waals surface area contributed by atoms with Crippen LogP contribution in [0.5, 0.6) is 0 Å². The molecule has 86 valence electrons. The molecule has 0 saturated heterocycles. The molecule has 3 heteroatoms. The number of aromatic nitrogens is 2. The molecule has 3 nitrogen and oxygen atoms in total. The average Bonchev–Trinajstić information content (AvgIpc) is 2.63. The summed E-state index contributed by atoms with van der Waals surface area (Å²) >= 11 is 0. The lowest BCUT2D eigenvalue weighted by Gasteiger charge is -2.31. The Morgan fingerprint density at radius 1 is 1.27 bits per heavy atom. The van der Waals surface area contributed by atoms with Gasteiger partial charge in [0.2, 0.25) is 0 Å². The lowest BCUT2D eigenvalue weighted by molar-refractivity contribution is 0.172. The number of hydrogen-bond donors (Lipinski definition) is 0. The summed E-state index contributed by atoms with van der Waals surface area (Å²) in [4.78, 5) is 6.87. The average molecular weight is 209 g/mol. The Bertz CT molecular complexity index is 302. The van der Waals surface area contributed by atoms with Gasteiger partial charge in [-0.2, -0.15) is 0 Å². The van der Waals surface area contributed by atoms with Crippen molar-refractivity contribution in [2.24, 2.45) is 0 Å². The van der Waals surface area contributed by atoms with Gasteiger partial charge >= 0.3 is 0 Å². The number of rotatable bonds is 1. The van der Waals surface area contributed by atoms with E-state index in [1.807, 2.05) is 20.0 Å². The maximum absolute atomic E-state index is 4.41. The van der Waals surface area contributed by atoms with Crippen LogP contribution in [-0.2, 0) is 13.1 Å². The van der Waals surface area contributed by atoms with Crippen LogP contribution in [-0.4, -0.2) is 27.0 Å². The third kappa shape index (κ3) is 2.59. The van der Waals surface area contributed by atoms with E-state index in [4.69, 9.17) is 0 Å². The van der Waals surface area contributed by atoms with Crippen molar-refractivity contribution in [3.8, 4) is 0 Å². The molecule has 0 spiro atoms. The number of fused-ring (bicyclic) bond motifs is 1. The summed E-state index contributed by atoms with van der Waals surface area (Å²) in [5.74, 6) is 1.22. The highest BCUT2D eigenvalue weighted by Crippen LogP contribution is 2.15. The summed E-state index contributed by atoms with van der Waals surface area (Å²) in [6.45, 7) is 13.9. The zero-order chi connectivity index (χ0) is 11.4. The molecule has 1 aliphatic rings. The molecule has 0 unspecified atom stereocenters. The van der Waals surface area contributed by atoms with Gasteiger partial charge in [0.1, 0.15) is 5.82 Å². The second kappa shape index (κ2) is 5.31. The van der Waals surface area contributed by atoms with Gasteiger partial charge in [-0.3, -0.25) is 4.90 Å². The van der Waals surface area contributed by atoms with Crippen LogP contribution in [0.15, 0.2) is 6.20 Å². The minimum Gasteiger partial charge on any atom is -0.330 e. The summed E-state index contributed by atoms with van der Waals surface area (Å²) in [7, 11) is 0. The van der Waals surface area contributed by atoms with E-state index in [1.54, 1.807) is 0 Å². The van der Waals surface area contributed by atoms with Crippen LogP contribution >= 0.6 is 0 Å². The third-order valence-electron chi connectivity index (χ3n) is 2.82. The Labute approximate surface area is 93.1 Å². The Hall–Kier alpha value is -0.830. The van der Waals surface area contributed by atoms with Crippen molar-refractivity contribution in [1.82, 2.24) is 14.5 Å². The minimum atomic E-state index is 0.630. The van der Waals surface area contributed by atoms with E-state index in [-0.39, 0.29) is 0 Å². The van der Waals surface area contributed by atoms with Crippen molar-refractivity contribution in [2.45, 2.75) is 53.8 Å². The molecule has 15 heavy (non-hydrogen) atoms. The lowest BCUT2D eigenvalue weighted by atomic mass is 10.2. The topological polar surface area (TPSA) is 21.1 Å². The Morgan fingerprint density at radius 3 is 2.53 bits per heavy atom. The van der Waals surface area contributed by atoms with Gasteiger partial charge in [-0.05, 0) is 20.8 Å². The van der Waals surface area contributed by atoms with Gasteiger partial charge in [0.25, 0.3) is 0 Å². The van der Waals surface area contributed by atoms with Gasteiger partial charge in [-0.1, -0.05) is 13.8 Å². The predicted octanol–water partition coefficient (Wildman–Crippen LogP) is 2.44. The van der Waals surface area contributed by atoms with E-state index in [0.29, 0.717) is 6.04 Å². The fourth-order valence-electron chi connectivity index (χ4n) is 1.87. The molecule has 1 aromatic rings. The smallest absolute Gasteiger partial charge is 0.123 e. The molecule has 2 heterocycles. The van der Waals surface area contributed by atoms with Crippen LogP contribution < -0.4 is 0 Å². The van der Waals surface area contributed by atoms with Crippen molar-refractivity contribution < 1.29 is 0 Å². The second-order valence-electron chi connectivity index (χ2n) is 4.03. The molecule has 0 N–H and O–H groups in total.